The first-order chi connectivity index (χ1) is 7.66. The minimum absolute atomic E-state index is 0.0325. The summed E-state index contributed by atoms with van der Waals surface area (Å²) in [7, 11) is 0. The van der Waals surface area contributed by atoms with Gasteiger partial charge >= 0.3 is 5.97 Å². The topological polar surface area (TPSA) is 87.2 Å². The molecule has 16 heavy (non-hydrogen) atoms. The molecule has 0 amide bonds. The summed E-state index contributed by atoms with van der Waals surface area (Å²) < 4.78 is 5.34. The van der Waals surface area contributed by atoms with Gasteiger partial charge < -0.3 is 9.84 Å². The fraction of sp³-hybridized carbons (Fsp3) is 0. The predicted molar refractivity (Wildman–Crippen MR) is 54.9 cm³/mol. The highest BCUT2D eigenvalue weighted by atomic mass is 35.5. The molecule has 0 spiro atoms. The Balaban J connectivity index is 2.18. The zero-order chi connectivity index (χ0) is 11.5. The van der Waals surface area contributed by atoms with Gasteiger partial charge in [-0.25, -0.2) is 10.2 Å². The van der Waals surface area contributed by atoms with E-state index < -0.39 is 5.97 Å². The number of carboxylic acids is 1. The van der Waals surface area contributed by atoms with Crippen molar-refractivity contribution >= 4 is 17.6 Å². The Kier molecular flexibility index (Phi) is 2.84. The molecule has 1 aliphatic rings. The summed E-state index contributed by atoms with van der Waals surface area (Å²) in [6, 6.07) is 6.61. The van der Waals surface area contributed by atoms with Gasteiger partial charge in [-0.15, -0.1) is 5.53 Å². The highest BCUT2D eigenvalue weighted by molar-refractivity contribution is 6.30. The third-order valence-corrected chi connectivity index (χ3v) is 2.15. The molecule has 0 saturated carbocycles. The lowest BCUT2D eigenvalue weighted by Crippen LogP contribution is -2.97. The van der Waals surface area contributed by atoms with Gasteiger partial charge in [0, 0.05) is 5.02 Å². The minimum atomic E-state index is -1.09. The number of rotatable bonds is 3. The number of quaternary nitrogens is 1. The number of hydrogen-bond acceptors (Lipinski definition) is 4. The fourth-order valence-corrected chi connectivity index (χ4v) is 1.30. The lowest BCUT2D eigenvalue weighted by atomic mass is 10.3. The molecule has 0 bridgehead atoms. The van der Waals surface area contributed by atoms with E-state index in [2.05, 4.69) is 10.9 Å². The summed E-state index contributed by atoms with van der Waals surface area (Å²) in [5.41, 5.74) is 6.54. The third-order valence-electron chi connectivity index (χ3n) is 1.89. The van der Waals surface area contributed by atoms with Crippen LogP contribution in [0, 0.1) is 0 Å². The number of ether oxygens (including phenoxy) is 1. The first-order valence-electron chi connectivity index (χ1n) is 4.42. The van der Waals surface area contributed by atoms with E-state index in [1.54, 1.807) is 24.3 Å². The molecule has 2 rings (SSSR count). The van der Waals surface area contributed by atoms with Crippen LogP contribution in [0.15, 0.2) is 35.8 Å². The molecular weight excluding hydrogens is 234 g/mol. The SMILES string of the molecule is O=C(O)C1=C(Oc2ccc(Cl)cc2)N[NH2+]N1. The third kappa shape index (κ3) is 2.18. The summed E-state index contributed by atoms with van der Waals surface area (Å²) >= 11 is 5.71. The fourth-order valence-electron chi connectivity index (χ4n) is 1.17. The van der Waals surface area contributed by atoms with Crippen LogP contribution < -0.4 is 21.1 Å². The Morgan fingerprint density at radius 2 is 2.00 bits per heavy atom. The second kappa shape index (κ2) is 4.30. The number of carbonyl (C=O) groups is 1. The van der Waals surface area contributed by atoms with Crippen LogP contribution in [0.5, 0.6) is 5.75 Å². The zero-order valence-electron chi connectivity index (χ0n) is 8.03. The number of nitrogens with one attached hydrogen (secondary N) is 2. The largest absolute Gasteiger partial charge is 0.476 e. The molecule has 1 aromatic carbocycles. The maximum absolute atomic E-state index is 10.8. The van der Waals surface area contributed by atoms with E-state index in [0.717, 1.165) is 0 Å². The van der Waals surface area contributed by atoms with E-state index in [4.69, 9.17) is 21.4 Å². The minimum Gasteiger partial charge on any atom is -0.476 e. The van der Waals surface area contributed by atoms with Crippen molar-refractivity contribution < 1.29 is 20.2 Å². The molecule has 1 heterocycles. The van der Waals surface area contributed by atoms with Gasteiger partial charge in [-0.05, 0) is 24.3 Å². The molecule has 0 fully saturated rings. The summed E-state index contributed by atoms with van der Waals surface area (Å²) in [6.45, 7) is 0. The summed E-state index contributed by atoms with van der Waals surface area (Å²) in [4.78, 5) is 10.8. The maximum atomic E-state index is 10.8. The van der Waals surface area contributed by atoms with E-state index in [-0.39, 0.29) is 11.6 Å². The van der Waals surface area contributed by atoms with E-state index >= 15 is 0 Å². The number of halogens is 1. The Morgan fingerprint density at radius 1 is 1.31 bits per heavy atom. The van der Waals surface area contributed by atoms with E-state index in [9.17, 15) is 4.79 Å². The quantitative estimate of drug-likeness (QED) is 0.540. The molecule has 0 aliphatic carbocycles. The first-order valence-corrected chi connectivity index (χ1v) is 4.80. The Morgan fingerprint density at radius 3 is 2.62 bits per heavy atom. The van der Waals surface area contributed by atoms with Gasteiger partial charge in [-0.3, -0.25) is 0 Å². The second-order valence-corrected chi connectivity index (χ2v) is 3.43. The van der Waals surface area contributed by atoms with Gasteiger partial charge in [0.25, 0.3) is 5.88 Å². The van der Waals surface area contributed by atoms with Crippen LogP contribution in [0.4, 0.5) is 0 Å². The molecule has 0 unspecified atom stereocenters. The van der Waals surface area contributed by atoms with Crippen LogP contribution in [0.25, 0.3) is 0 Å². The van der Waals surface area contributed by atoms with Crippen molar-refractivity contribution in [1.29, 1.82) is 0 Å². The normalized spacial score (nSPS) is 14.3. The van der Waals surface area contributed by atoms with Crippen LogP contribution in [0.1, 0.15) is 0 Å². The highest BCUT2D eigenvalue weighted by Crippen LogP contribution is 2.17. The molecule has 7 heteroatoms. The summed E-state index contributed by atoms with van der Waals surface area (Å²) in [6.07, 6.45) is 0. The number of carboxylic acid groups (broad SMARTS) is 1. The molecule has 1 aliphatic heterocycles. The Labute approximate surface area is 95.8 Å². The zero-order valence-corrected chi connectivity index (χ0v) is 8.78. The van der Waals surface area contributed by atoms with Gasteiger partial charge in [-0.2, -0.15) is 5.43 Å². The van der Waals surface area contributed by atoms with Gasteiger partial charge in [0.1, 0.15) is 5.75 Å². The van der Waals surface area contributed by atoms with Crippen LogP contribution in [-0.2, 0) is 4.79 Å². The number of nitrogens with two attached hydrogens (primary N) is 1. The highest BCUT2D eigenvalue weighted by Gasteiger charge is 2.25. The van der Waals surface area contributed by atoms with Crippen molar-refractivity contribution in [3.8, 4) is 5.75 Å². The molecule has 0 aromatic heterocycles. The molecule has 84 valence electrons. The molecule has 6 nitrogen and oxygen atoms in total. The number of hydrogen-bond donors (Lipinski definition) is 4. The van der Waals surface area contributed by atoms with Gasteiger partial charge in [0.15, 0.2) is 0 Å². The van der Waals surface area contributed by atoms with Crippen molar-refractivity contribution in [3.05, 3.63) is 40.9 Å². The molecule has 0 saturated heterocycles. The van der Waals surface area contributed by atoms with Gasteiger partial charge in [0.2, 0.25) is 5.70 Å². The van der Waals surface area contributed by atoms with Crippen molar-refractivity contribution in [2.75, 3.05) is 0 Å². The molecule has 5 N–H and O–H groups in total. The second-order valence-electron chi connectivity index (χ2n) is 3.00. The lowest BCUT2D eigenvalue weighted by molar-refractivity contribution is -0.742. The van der Waals surface area contributed by atoms with Gasteiger partial charge in [0.05, 0.1) is 0 Å². The molecule has 0 atom stereocenters. The van der Waals surface area contributed by atoms with Crippen molar-refractivity contribution in [3.63, 3.8) is 0 Å². The average molecular weight is 243 g/mol. The van der Waals surface area contributed by atoms with Crippen LogP contribution in [0.2, 0.25) is 5.02 Å². The summed E-state index contributed by atoms with van der Waals surface area (Å²) in [5.74, 6) is -0.442. The van der Waals surface area contributed by atoms with Crippen LogP contribution in [0.3, 0.4) is 0 Å². The molecule has 0 radical (unpaired) electrons. The smallest absolute Gasteiger partial charge is 0.363 e. The lowest BCUT2D eigenvalue weighted by Gasteiger charge is -2.04. The maximum Gasteiger partial charge on any atom is 0.363 e. The number of benzene rings is 1. The molecular formula is C9H9ClN3O3+. The van der Waals surface area contributed by atoms with Crippen LogP contribution in [-0.4, -0.2) is 11.1 Å². The Hall–Kier alpha value is -1.92. The standard InChI is InChI=1S/C9H8ClN3O3/c10-5-1-3-6(4-2-5)16-8-7(9(14)15)11-13-12-8/h1-4,11-13H,(H,14,15)/p+1. The monoisotopic (exact) mass is 242 g/mol. The van der Waals surface area contributed by atoms with Crippen molar-refractivity contribution in [1.82, 2.24) is 10.9 Å². The Bertz CT molecular complexity index is 444. The first kappa shape index (κ1) is 10.6. The summed E-state index contributed by atoms with van der Waals surface area (Å²) in [5, 5.41) is 9.41. The van der Waals surface area contributed by atoms with Crippen LogP contribution >= 0.6 is 11.6 Å². The van der Waals surface area contributed by atoms with Crippen molar-refractivity contribution in [2.45, 2.75) is 0 Å². The van der Waals surface area contributed by atoms with Crippen molar-refractivity contribution in [2.24, 2.45) is 0 Å². The van der Waals surface area contributed by atoms with E-state index in [1.807, 2.05) is 0 Å². The average Bonchev–Trinajstić information content (AvgIpc) is 2.69. The number of aliphatic carboxylic acids is 1. The predicted octanol–water partition coefficient (Wildman–Crippen LogP) is -0.441. The van der Waals surface area contributed by atoms with E-state index in [1.165, 1.54) is 5.53 Å². The van der Waals surface area contributed by atoms with Gasteiger partial charge in [-0.1, -0.05) is 11.6 Å². The van der Waals surface area contributed by atoms with E-state index in [0.29, 0.717) is 10.8 Å². The molecule has 1 aromatic rings.